The summed E-state index contributed by atoms with van der Waals surface area (Å²) in [6, 6.07) is 35.3. The largest absolute Gasteiger partial charge is 0.201 e. The first-order chi connectivity index (χ1) is 14.3. The summed E-state index contributed by atoms with van der Waals surface area (Å²) in [5, 5.41) is 10.4. The molecule has 0 aliphatic carbocycles. The molecule has 29 heavy (non-hydrogen) atoms. The topological polar surface area (TPSA) is 3.88 Å². The minimum Gasteiger partial charge on any atom is -0.201 e. The fourth-order valence-electron chi connectivity index (χ4n) is 4.48. The third kappa shape index (κ3) is 2.75. The van der Waals surface area contributed by atoms with Gasteiger partial charge in [0.2, 0.25) is 0 Å². The van der Waals surface area contributed by atoms with Gasteiger partial charge in [0.05, 0.1) is 0 Å². The Bertz CT molecular complexity index is 1420. The number of rotatable bonds is 2. The number of aromatic nitrogens is 1. The first-order valence-corrected chi connectivity index (χ1v) is 10.1. The number of benzene rings is 5. The lowest BCUT2D eigenvalue weighted by molar-refractivity contribution is -0.688. The second kappa shape index (κ2) is 6.42. The molecule has 0 bridgehead atoms. The first kappa shape index (κ1) is 16.3. The molecule has 1 heterocycles. The Morgan fingerprint density at radius 2 is 0.897 bits per heavy atom. The molecule has 0 aliphatic heterocycles. The van der Waals surface area contributed by atoms with Crippen molar-refractivity contribution in [2.75, 3.05) is 0 Å². The molecule has 6 rings (SSSR count). The smallest absolute Gasteiger partial charge is 0.175 e. The average molecular weight is 370 g/mol. The van der Waals surface area contributed by atoms with E-state index in [1.165, 1.54) is 48.7 Å². The van der Waals surface area contributed by atoms with E-state index in [2.05, 4.69) is 114 Å². The third-order valence-electron chi connectivity index (χ3n) is 5.91. The Labute approximate surface area is 169 Å². The van der Waals surface area contributed by atoms with Crippen LogP contribution in [0.25, 0.3) is 43.1 Å². The molecule has 0 saturated carbocycles. The highest BCUT2D eigenvalue weighted by Crippen LogP contribution is 2.34. The fraction of sp³-hybridized carbons (Fsp3) is 0.0357. The van der Waals surface area contributed by atoms with Gasteiger partial charge in [-0.05, 0) is 73.4 Å². The van der Waals surface area contributed by atoms with Crippen molar-refractivity contribution in [2.45, 2.75) is 6.54 Å². The van der Waals surface area contributed by atoms with Crippen molar-refractivity contribution < 1.29 is 4.57 Å². The van der Waals surface area contributed by atoms with Crippen LogP contribution < -0.4 is 4.57 Å². The van der Waals surface area contributed by atoms with E-state index in [1.54, 1.807) is 0 Å². The average Bonchev–Trinajstić information content (AvgIpc) is 2.77. The molecule has 6 aromatic rings. The van der Waals surface area contributed by atoms with Crippen molar-refractivity contribution in [2.24, 2.45) is 0 Å². The van der Waals surface area contributed by atoms with Crippen LogP contribution in [0.1, 0.15) is 5.56 Å². The molecule has 1 aromatic heterocycles. The van der Waals surface area contributed by atoms with Crippen LogP contribution in [0.2, 0.25) is 0 Å². The predicted octanol–water partition coefficient (Wildman–Crippen LogP) is 6.64. The molecular formula is C28H20N+. The van der Waals surface area contributed by atoms with Crippen molar-refractivity contribution >= 4 is 43.1 Å². The van der Waals surface area contributed by atoms with Crippen LogP contribution in [0.5, 0.6) is 0 Å². The van der Waals surface area contributed by atoms with E-state index in [9.17, 15) is 0 Å². The SMILES string of the molecule is c1cc[n+](Cc2c3cc4ccccc4cc3cc3cc4ccccc4cc23)cc1. The Hall–Kier alpha value is -3.71. The zero-order valence-electron chi connectivity index (χ0n) is 16.0. The standard InChI is InChI=1S/C28H20N/c1-6-12-29(13-7-1)19-28-26-17-22-10-4-2-8-20(22)14-24(26)16-25-15-21-9-3-5-11-23(21)18-27(25)28/h1-18H,19H2/q+1. The van der Waals surface area contributed by atoms with E-state index in [-0.39, 0.29) is 0 Å². The zero-order valence-corrected chi connectivity index (χ0v) is 16.0. The molecule has 0 atom stereocenters. The van der Waals surface area contributed by atoms with Crippen molar-refractivity contribution in [1.82, 2.24) is 0 Å². The quantitative estimate of drug-likeness (QED) is 0.238. The second-order valence-electron chi connectivity index (χ2n) is 7.74. The fourth-order valence-corrected chi connectivity index (χ4v) is 4.48. The Kier molecular flexibility index (Phi) is 3.60. The maximum Gasteiger partial charge on any atom is 0.175 e. The molecule has 0 radical (unpaired) electrons. The third-order valence-corrected chi connectivity index (χ3v) is 5.91. The molecule has 0 unspecified atom stereocenters. The highest BCUT2D eigenvalue weighted by Gasteiger charge is 2.14. The van der Waals surface area contributed by atoms with Gasteiger partial charge in [-0.1, -0.05) is 54.6 Å². The highest BCUT2D eigenvalue weighted by molar-refractivity contribution is 6.10. The summed E-state index contributed by atoms with van der Waals surface area (Å²) in [7, 11) is 0. The molecule has 0 amide bonds. The van der Waals surface area contributed by atoms with Crippen LogP contribution in [0.15, 0.2) is 109 Å². The van der Waals surface area contributed by atoms with Gasteiger partial charge < -0.3 is 0 Å². The van der Waals surface area contributed by atoms with Gasteiger partial charge in [0.25, 0.3) is 0 Å². The summed E-state index contributed by atoms with van der Waals surface area (Å²) >= 11 is 0. The van der Waals surface area contributed by atoms with Crippen LogP contribution >= 0.6 is 0 Å². The van der Waals surface area contributed by atoms with Crippen LogP contribution in [-0.2, 0) is 6.54 Å². The second-order valence-corrected chi connectivity index (χ2v) is 7.74. The van der Waals surface area contributed by atoms with Gasteiger partial charge in [-0.2, -0.15) is 0 Å². The monoisotopic (exact) mass is 370 g/mol. The van der Waals surface area contributed by atoms with Crippen molar-refractivity contribution in [3.63, 3.8) is 0 Å². The van der Waals surface area contributed by atoms with Crippen LogP contribution in [0.3, 0.4) is 0 Å². The van der Waals surface area contributed by atoms with E-state index in [4.69, 9.17) is 0 Å². The number of hydrogen-bond acceptors (Lipinski definition) is 0. The molecule has 136 valence electrons. The molecule has 5 aromatic carbocycles. The Morgan fingerprint density at radius 3 is 1.41 bits per heavy atom. The van der Waals surface area contributed by atoms with Gasteiger partial charge in [0.15, 0.2) is 18.9 Å². The minimum atomic E-state index is 0.853. The van der Waals surface area contributed by atoms with Gasteiger partial charge in [0, 0.05) is 17.7 Å². The normalized spacial score (nSPS) is 11.6. The summed E-state index contributed by atoms with van der Waals surface area (Å²) in [6.07, 6.45) is 4.29. The lowest BCUT2D eigenvalue weighted by Crippen LogP contribution is -2.33. The van der Waals surface area contributed by atoms with E-state index in [0.29, 0.717) is 0 Å². The highest BCUT2D eigenvalue weighted by atomic mass is 14.9. The van der Waals surface area contributed by atoms with Crippen LogP contribution in [0, 0.1) is 0 Å². The van der Waals surface area contributed by atoms with E-state index in [0.717, 1.165) is 6.54 Å². The first-order valence-electron chi connectivity index (χ1n) is 10.1. The summed E-state index contributed by atoms with van der Waals surface area (Å²) in [5.74, 6) is 0. The number of hydrogen-bond donors (Lipinski definition) is 0. The van der Waals surface area contributed by atoms with Gasteiger partial charge >= 0.3 is 0 Å². The molecule has 0 saturated heterocycles. The summed E-state index contributed by atoms with van der Waals surface area (Å²) in [4.78, 5) is 0. The minimum absolute atomic E-state index is 0.853. The lowest BCUT2D eigenvalue weighted by Gasteiger charge is -2.12. The molecule has 0 spiro atoms. The number of fused-ring (bicyclic) bond motifs is 4. The number of nitrogens with zero attached hydrogens (tertiary/aromatic N) is 1. The Morgan fingerprint density at radius 1 is 0.448 bits per heavy atom. The molecule has 0 aliphatic rings. The predicted molar refractivity (Wildman–Crippen MR) is 122 cm³/mol. The van der Waals surface area contributed by atoms with Crippen LogP contribution in [0.4, 0.5) is 0 Å². The molecule has 0 fully saturated rings. The summed E-state index contributed by atoms with van der Waals surface area (Å²) in [6.45, 7) is 0.853. The maximum atomic E-state index is 2.36. The Balaban J connectivity index is 1.75. The molecular weight excluding hydrogens is 350 g/mol. The molecule has 1 nitrogen and oxygen atoms in total. The number of pyridine rings is 1. The van der Waals surface area contributed by atoms with E-state index in [1.807, 2.05) is 0 Å². The van der Waals surface area contributed by atoms with Gasteiger partial charge in [-0.25, -0.2) is 4.57 Å². The van der Waals surface area contributed by atoms with Gasteiger partial charge in [-0.3, -0.25) is 0 Å². The molecule has 0 N–H and O–H groups in total. The summed E-state index contributed by atoms with van der Waals surface area (Å²) in [5.41, 5.74) is 1.38. The van der Waals surface area contributed by atoms with Crippen LogP contribution in [-0.4, -0.2) is 0 Å². The summed E-state index contributed by atoms with van der Waals surface area (Å²) < 4.78 is 2.26. The van der Waals surface area contributed by atoms with Crippen molar-refractivity contribution in [3.05, 3.63) is 115 Å². The van der Waals surface area contributed by atoms with Crippen molar-refractivity contribution in [1.29, 1.82) is 0 Å². The van der Waals surface area contributed by atoms with E-state index >= 15 is 0 Å². The van der Waals surface area contributed by atoms with Gasteiger partial charge in [-0.15, -0.1) is 0 Å². The van der Waals surface area contributed by atoms with E-state index < -0.39 is 0 Å². The maximum absolute atomic E-state index is 2.36. The molecule has 1 heteroatoms. The van der Waals surface area contributed by atoms with Crippen molar-refractivity contribution in [3.8, 4) is 0 Å². The zero-order chi connectivity index (χ0) is 19.2. The van der Waals surface area contributed by atoms with Gasteiger partial charge in [0.1, 0.15) is 0 Å². The lowest BCUT2D eigenvalue weighted by atomic mass is 9.92.